The molecule has 1 saturated carbocycles. The number of nitrogens with two attached hydrogens (primary N) is 1. The minimum absolute atomic E-state index is 0.0567. The molecule has 2 atom stereocenters. The van der Waals surface area contributed by atoms with E-state index in [1.54, 1.807) is 36.5 Å². The van der Waals surface area contributed by atoms with E-state index in [1.165, 1.54) is 0 Å². The van der Waals surface area contributed by atoms with Gasteiger partial charge in [-0.3, -0.25) is 14.6 Å². The molecule has 2 heterocycles. The SMILES string of the molecule is COc1ccc(C2(C(=O)N3C[C@@H](Oc4cccnc4)C[C@H]3C(N)=O)CC2)cc1. The molecule has 0 radical (unpaired) electrons. The Kier molecular flexibility index (Phi) is 4.66. The van der Waals surface area contributed by atoms with E-state index in [1.807, 2.05) is 24.3 Å². The number of aromatic nitrogens is 1. The second-order valence-electron chi connectivity index (χ2n) is 7.35. The van der Waals surface area contributed by atoms with Gasteiger partial charge in [-0.15, -0.1) is 0 Å². The smallest absolute Gasteiger partial charge is 0.240 e. The molecule has 2 fully saturated rings. The lowest BCUT2D eigenvalue weighted by Crippen LogP contribution is -2.48. The van der Waals surface area contributed by atoms with Crippen molar-refractivity contribution in [2.24, 2.45) is 5.73 Å². The Labute approximate surface area is 163 Å². The molecule has 0 bridgehead atoms. The quantitative estimate of drug-likeness (QED) is 0.821. The maximum atomic E-state index is 13.4. The van der Waals surface area contributed by atoms with E-state index in [0.29, 0.717) is 18.7 Å². The van der Waals surface area contributed by atoms with Crippen molar-refractivity contribution in [2.75, 3.05) is 13.7 Å². The lowest BCUT2D eigenvalue weighted by molar-refractivity contribution is -0.139. The molecule has 0 unspecified atom stereocenters. The third kappa shape index (κ3) is 3.28. The first-order valence-corrected chi connectivity index (χ1v) is 9.35. The molecule has 28 heavy (non-hydrogen) atoms. The minimum atomic E-state index is -0.662. The van der Waals surface area contributed by atoms with Crippen LogP contribution in [0, 0.1) is 0 Å². The van der Waals surface area contributed by atoms with E-state index in [-0.39, 0.29) is 12.0 Å². The summed E-state index contributed by atoms with van der Waals surface area (Å²) in [7, 11) is 1.61. The van der Waals surface area contributed by atoms with Gasteiger partial charge < -0.3 is 20.1 Å². The fourth-order valence-electron chi connectivity index (χ4n) is 3.92. The topological polar surface area (TPSA) is 94.8 Å². The van der Waals surface area contributed by atoms with Gasteiger partial charge in [0.1, 0.15) is 23.6 Å². The largest absolute Gasteiger partial charge is 0.497 e. The molecule has 1 saturated heterocycles. The molecule has 1 aromatic heterocycles. The van der Waals surface area contributed by atoms with E-state index in [0.717, 1.165) is 24.2 Å². The van der Waals surface area contributed by atoms with Crippen LogP contribution < -0.4 is 15.2 Å². The highest BCUT2D eigenvalue weighted by atomic mass is 16.5. The van der Waals surface area contributed by atoms with Crippen LogP contribution in [-0.4, -0.2) is 47.5 Å². The van der Waals surface area contributed by atoms with Crippen LogP contribution in [0.1, 0.15) is 24.8 Å². The molecule has 4 rings (SSSR count). The number of benzene rings is 1. The maximum absolute atomic E-state index is 13.4. The predicted molar refractivity (Wildman–Crippen MR) is 102 cm³/mol. The second kappa shape index (κ2) is 7.14. The summed E-state index contributed by atoms with van der Waals surface area (Å²) >= 11 is 0. The van der Waals surface area contributed by atoms with Gasteiger partial charge in [-0.1, -0.05) is 12.1 Å². The molecule has 2 amide bonds. The van der Waals surface area contributed by atoms with Crippen LogP contribution in [-0.2, 0) is 15.0 Å². The van der Waals surface area contributed by atoms with Crippen LogP contribution in [0.25, 0.3) is 0 Å². The average Bonchev–Trinajstić information content (AvgIpc) is 3.42. The molecule has 0 spiro atoms. The zero-order valence-corrected chi connectivity index (χ0v) is 15.7. The van der Waals surface area contributed by atoms with Crippen molar-refractivity contribution in [1.82, 2.24) is 9.88 Å². The highest BCUT2D eigenvalue weighted by Crippen LogP contribution is 2.50. The van der Waals surface area contributed by atoms with Crippen LogP contribution in [0.3, 0.4) is 0 Å². The first kappa shape index (κ1) is 18.3. The van der Waals surface area contributed by atoms with E-state index >= 15 is 0 Å². The molecular weight excluding hydrogens is 358 g/mol. The number of hydrogen-bond donors (Lipinski definition) is 1. The molecular formula is C21H23N3O4. The number of rotatable bonds is 6. The van der Waals surface area contributed by atoms with Gasteiger partial charge in [0.2, 0.25) is 11.8 Å². The van der Waals surface area contributed by atoms with Gasteiger partial charge in [-0.2, -0.15) is 0 Å². The molecule has 2 aromatic rings. The summed E-state index contributed by atoms with van der Waals surface area (Å²) in [6.45, 7) is 0.333. The van der Waals surface area contributed by atoms with Gasteiger partial charge in [0.25, 0.3) is 0 Å². The van der Waals surface area contributed by atoms with Gasteiger partial charge >= 0.3 is 0 Å². The zero-order valence-electron chi connectivity index (χ0n) is 15.7. The van der Waals surface area contributed by atoms with Crippen LogP contribution >= 0.6 is 0 Å². The Hall–Kier alpha value is -3.09. The lowest BCUT2D eigenvalue weighted by atomic mass is 9.94. The molecule has 146 valence electrons. The van der Waals surface area contributed by atoms with Crippen molar-refractivity contribution < 1.29 is 19.1 Å². The number of carbonyl (C=O) groups is 2. The second-order valence-corrected chi connectivity index (χ2v) is 7.35. The van der Waals surface area contributed by atoms with E-state index < -0.39 is 17.4 Å². The third-order valence-electron chi connectivity index (χ3n) is 5.59. The number of pyridine rings is 1. The van der Waals surface area contributed by atoms with Crippen LogP contribution in [0.2, 0.25) is 0 Å². The van der Waals surface area contributed by atoms with Gasteiger partial charge in [0.05, 0.1) is 25.3 Å². The molecule has 1 aromatic carbocycles. The monoisotopic (exact) mass is 381 g/mol. The number of methoxy groups -OCH3 is 1. The summed E-state index contributed by atoms with van der Waals surface area (Å²) in [5, 5.41) is 0. The summed E-state index contributed by atoms with van der Waals surface area (Å²) in [6, 6.07) is 10.5. The van der Waals surface area contributed by atoms with Crippen molar-refractivity contribution in [1.29, 1.82) is 0 Å². The molecule has 7 nitrogen and oxygen atoms in total. The fourth-order valence-corrected chi connectivity index (χ4v) is 3.92. The van der Waals surface area contributed by atoms with E-state index in [9.17, 15) is 9.59 Å². The summed E-state index contributed by atoms with van der Waals surface area (Å²) in [6.07, 6.45) is 4.88. The molecule has 2 aliphatic rings. The number of hydrogen-bond acceptors (Lipinski definition) is 5. The molecule has 2 N–H and O–H groups in total. The van der Waals surface area contributed by atoms with Crippen LogP contribution in [0.15, 0.2) is 48.8 Å². The van der Waals surface area contributed by atoms with Crippen molar-refractivity contribution in [3.05, 3.63) is 54.4 Å². The van der Waals surface area contributed by atoms with Crippen LogP contribution in [0.4, 0.5) is 0 Å². The van der Waals surface area contributed by atoms with E-state index in [4.69, 9.17) is 15.2 Å². The number of likely N-dealkylation sites (tertiary alicyclic amines) is 1. The highest BCUT2D eigenvalue weighted by Gasteiger charge is 2.56. The lowest BCUT2D eigenvalue weighted by Gasteiger charge is -2.27. The van der Waals surface area contributed by atoms with Gasteiger partial charge in [0, 0.05) is 12.6 Å². The van der Waals surface area contributed by atoms with Crippen LogP contribution in [0.5, 0.6) is 11.5 Å². The molecule has 1 aliphatic heterocycles. The highest BCUT2D eigenvalue weighted by molar-refractivity contribution is 5.95. The Bertz CT molecular complexity index is 865. The Morgan fingerprint density at radius 1 is 1.18 bits per heavy atom. The Morgan fingerprint density at radius 2 is 1.93 bits per heavy atom. The fraction of sp³-hybridized carbons (Fsp3) is 0.381. The first-order valence-electron chi connectivity index (χ1n) is 9.35. The summed E-state index contributed by atoms with van der Waals surface area (Å²) in [5.74, 6) is 0.796. The zero-order chi connectivity index (χ0) is 19.7. The number of carbonyl (C=O) groups excluding carboxylic acids is 2. The average molecular weight is 381 g/mol. The summed E-state index contributed by atoms with van der Waals surface area (Å²) in [5.41, 5.74) is 5.97. The Morgan fingerprint density at radius 3 is 2.50 bits per heavy atom. The number of nitrogens with zero attached hydrogens (tertiary/aromatic N) is 2. The van der Waals surface area contributed by atoms with Gasteiger partial charge in [-0.05, 0) is 42.7 Å². The first-order chi connectivity index (χ1) is 13.5. The predicted octanol–water partition coefficient (Wildman–Crippen LogP) is 1.66. The van der Waals surface area contributed by atoms with E-state index in [2.05, 4.69) is 4.98 Å². The van der Waals surface area contributed by atoms with Crippen molar-refractivity contribution in [3.8, 4) is 11.5 Å². The maximum Gasteiger partial charge on any atom is 0.240 e. The van der Waals surface area contributed by atoms with Crippen molar-refractivity contribution in [3.63, 3.8) is 0 Å². The third-order valence-corrected chi connectivity index (χ3v) is 5.59. The standard InChI is InChI=1S/C21H23N3O4/c1-27-15-6-4-14(5-7-15)21(8-9-21)20(26)24-13-17(11-18(24)19(22)25)28-16-3-2-10-23-12-16/h2-7,10,12,17-18H,8-9,11,13H2,1H3,(H2,22,25)/t17-,18-/m0/s1. The number of primary amides is 1. The van der Waals surface area contributed by atoms with Gasteiger partial charge in [0.15, 0.2) is 0 Å². The van der Waals surface area contributed by atoms with Crippen molar-refractivity contribution >= 4 is 11.8 Å². The normalized spacial score (nSPS) is 22.5. The summed E-state index contributed by atoms with van der Waals surface area (Å²) in [4.78, 5) is 31.1. The molecule has 7 heteroatoms. The number of amides is 2. The van der Waals surface area contributed by atoms with Crippen molar-refractivity contribution in [2.45, 2.75) is 36.8 Å². The summed E-state index contributed by atoms with van der Waals surface area (Å²) < 4.78 is 11.1. The Balaban J connectivity index is 1.54. The molecule has 1 aliphatic carbocycles. The van der Waals surface area contributed by atoms with Gasteiger partial charge in [-0.25, -0.2) is 0 Å². The minimum Gasteiger partial charge on any atom is -0.497 e. The number of ether oxygens (including phenoxy) is 2.